The van der Waals surface area contributed by atoms with Crippen molar-refractivity contribution in [2.24, 2.45) is 0 Å². The Morgan fingerprint density at radius 2 is 1.77 bits per heavy atom. The molecule has 0 atom stereocenters. The van der Waals surface area contributed by atoms with Crippen molar-refractivity contribution in [1.82, 2.24) is 4.98 Å². The molecule has 0 bridgehead atoms. The van der Waals surface area contributed by atoms with Gasteiger partial charge in [0.25, 0.3) is 5.91 Å². The molecule has 0 aliphatic carbocycles. The van der Waals surface area contributed by atoms with Crippen LogP contribution in [-0.4, -0.2) is 24.6 Å². The molecule has 0 radical (unpaired) electrons. The van der Waals surface area contributed by atoms with Gasteiger partial charge in [-0.05, 0) is 71.8 Å². The summed E-state index contributed by atoms with van der Waals surface area (Å²) in [6.07, 6.45) is 0. The molecule has 4 aromatic rings. The Balaban J connectivity index is 1.54. The van der Waals surface area contributed by atoms with E-state index in [1.807, 2.05) is 43.3 Å². The normalized spacial score (nSPS) is 11.3. The van der Waals surface area contributed by atoms with Gasteiger partial charge in [0.15, 0.2) is 12.2 Å². The van der Waals surface area contributed by atoms with Gasteiger partial charge in [-0.3, -0.25) is 4.79 Å². The van der Waals surface area contributed by atoms with E-state index in [-0.39, 0.29) is 12.5 Å². The number of carbonyl (C=O) groups excluding carboxylic acids is 1. The van der Waals surface area contributed by atoms with Gasteiger partial charge < -0.3 is 19.2 Å². The highest BCUT2D eigenvalue weighted by Gasteiger charge is 2.15. The van der Waals surface area contributed by atoms with E-state index in [4.69, 9.17) is 13.9 Å². The number of hydrogen-bond donors (Lipinski definition) is 1. The molecular formula is C29H32N2O4. The molecule has 1 amide bonds. The quantitative estimate of drug-likeness (QED) is 0.297. The molecule has 0 unspecified atom stereocenters. The lowest BCUT2D eigenvalue weighted by Crippen LogP contribution is -2.21. The second kappa shape index (κ2) is 10.2. The summed E-state index contributed by atoms with van der Waals surface area (Å²) < 4.78 is 17.3. The molecule has 35 heavy (non-hydrogen) atoms. The van der Waals surface area contributed by atoms with Crippen LogP contribution in [0.2, 0.25) is 0 Å². The average molecular weight is 473 g/mol. The summed E-state index contributed by atoms with van der Waals surface area (Å²) in [7, 11) is 1.57. The Morgan fingerprint density at radius 3 is 2.49 bits per heavy atom. The molecule has 0 fully saturated rings. The minimum Gasteiger partial charge on any atom is -0.495 e. The zero-order valence-corrected chi connectivity index (χ0v) is 21.1. The van der Waals surface area contributed by atoms with Crippen LogP contribution in [0, 0.1) is 6.92 Å². The van der Waals surface area contributed by atoms with Gasteiger partial charge in [-0.25, -0.2) is 4.98 Å². The van der Waals surface area contributed by atoms with Crippen LogP contribution < -0.4 is 14.8 Å². The smallest absolute Gasteiger partial charge is 0.262 e. The molecular weight excluding hydrogens is 440 g/mol. The van der Waals surface area contributed by atoms with Crippen LogP contribution in [0.4, 0.5) is 5.69 Å². The van der Waals surface area contributed by atoms with E-state index in [0.717, 1.165) is 33.5 Å². The predicted octanol–water partition coefficient (Wildman–Crippen LogP) is 7.08. The zero-order valence-electron chi connectivity index (χ0n) is 21.1. The molecule has 1 heterocycles. The van der Waals surface area contributed by atoms with Crippen LogP contribution in [0.1, 0.15) is 56.2 Å². The van der Waals surface area contributed by atoms with E-state index in [0.29, 0.717) is 29.2 Å². The number of aryl methyl sites for hydroxylation is 1. The highest BCUT2D eigenvalue weighted by atomic mass is 16.5. The Morgan fingerprint density at radius 1 is 0.971 bits per heavy atom. The van der Waals surface area contributed by atoms with E-state index in [9.17, 15) is 4.79 Å². The molecule has 0 saturated heterocycles. The number of ether oxygens (including phenoxy) is 2. The van der Waals surface area contributed by atoms with Gasteiger partial charge in [-0.15, -0.1) is 0 Å². The number of carbonyl (C=O) groups is 1. The van der Waals surface area contributed by atoms with Gasteiger partial charge in [-0.1, -0.05) is 45.9 Å². The fourth-order valence-corrected chi connectivity index (χ4v) is 3.94. The number of benzene rings is 3. The maximum atomic E-state index is 12.8. The third kappa shape index (κ3) is 5.48. The zero-order chi connectivity index (χ0) is 25.1. The predicted molar refractivity (Wildman–Crippen MR) is 139 cm³/mol. The lowest BCUT2D eigenvalue weighted by atomic mass is 10.0. The van der Waals surface area contributed by atoms with Crippen molar-refractivity contribution in [2.45, 2.75) is 46.5 Å². The Kier molecular flexibility index (Phi) is 7.10. The van der Waals surface area contributed by atoms with Crippen LogP contribution in [0.15, 0.2) is 59.0 Å². The van der Waals surface area contributed by atoms with Crippen molar-refractivity contribution in [2.75, 3.05) is 19.0 Å². The van der Waals surface area contributed by atoms with E-state index >= 15 is 0 Å². The molecule has 3 aromatic carbocycles. The van der Waals surface area contributed by atoms with Crippen molar-refractivity contribution in [3.05, 3.63) is 71.3 Å². The number of aromatic nitrogens is 1. The molecule has 0 spiro atoms. The second-order valence-electron chi connectivity index (χ2n) is 9.35. The van der Waals surface area contributed by atoms with Crippen LogP contribution in [0.25, 0.3) is 22.6 Å². The fourth-order valence-electron chi connectivity index (χ4n) is 3.94. The van der Waals surface area contributed by atoms with Crippen LogP contribution in [-0.2, 0) is 4.79 Å². The molecule has 1 N–H and O–H groups in total. The summed E-state index contributed by atoms with van der Waals surface area (Å²) in [5, 5.41) is 2.90. The number of hydrogen-bond acceptors (Lipinski definition) is 5. The van der Waals surface area contributed by atoms with Crippen molar-refractivity contribution in [3.63, 3.8) is 0 Å². The second-order valence-corrected chi connectivity index (χ2v) is 9.35. The van der Waals surface area contributed by atoms with Crippen LogP contribution in [0.3, 0.4) is 0 Å². The van der Waals surface area contributed by atoms with Gasteiger partial charge >= 0.3 is 0 Å². The van der Waals surface area contributed by atoms with E-state index in [1.54, 1.807) is 19.2 Å². The first kappa shape index (κ1) is 24.3. The summed E-state index contributed by atoms with van der Waals surface area (Å²) in [6, 6.07) is 17.6. The number of nitrogens with one attached hydrogen (secondary N) is 1. The van der Waals surface area contributed by atoms with Gasteiger partial charge in [0, 0.05) is 5.56 Å². The fraction of sp³-hybridized carbons (Fsp3) is 0.310. The summed E-state index contributed by atoms with van der Waals surface area (Å²) in [5.41, 5.74) is 6.15. The number of nitrogens with zero attached hydrogens (tertiary/aromatic N) is 1. The van der Waals surface area contributed by atoms with Crippen molar-refractivity contribution in [1.29, 1.82) is 0 Å². The number of anilines is 1. The lowest BCUT2D eigenvalue weighted by Gasteiger charge is -2.15. The Hall–Kier alpha value is -3.80. The van der Waals surface area contributed by atoms with Gasteiger partial charge in [0.1, 0.15) is 17.0 Å². The maximum Gasteiger partial charge on any atom is 0.262 e. The standard InChI is InChI=1S/C29H32N2O4/c1-17(2)20-8-12-26-24(14-20)31-29(35-26)21-9-11-25(33-6)23(15-21)30-28(32)16-34-27-13-19(5)7-10-22(27)18(3)4/h7-15,17-18H,16H2,1-6H3,(H,30,32). The monoisotopic (exact) mass is 472 g/mol. The third-order valence-corrected chi connectivity index (χ3v) is 5.95. The molecule has 0 saturated carbocycles. The Labute approximate surface area is 206 Å². The van der Waals surface area contributed by atoms with Crippen molar-refractivity contribution in [3.8, 4) is 23.0 Å². The molecule has 6 nitrogen and oxygen atoms in total. The average Bonchev–Trinajstić information content (AvgIpc) is 3.26. The number of fused-ring (bicyclic) bond motifs is 1. The summed E-state index contributed by atoms with van der Waals surface area (Å²) >= 11 is 0. The molecule has 6 heteroatoms. The van der Waals surface area contributed by atoms with E-state index in [2.05, 4.69) is 44.1 Å². The Bertz CT molecular complexity index is 1350. The number of amides is 1. The summed E-state index contributed by atoms with van der Waals surface area (Å²) in [6.45, 7) is 10.4. The first-order valence-electron chi connectivity index (χ1n) is 11.9. The highest BCUT2D eigenvalue weighted by Crippen LogP contribution is 2.33. The molecule has 0 aliphatic rings. The molecule has 0 aliphatic heterocycles. The minimum absolute atomic E-state index is 0.114. The first-order chi connectivity index (χ1) is 16.7. The lowest BCUT2D eigenvalue weighted by molar-refractivity contribution is -0.118. The number of oxazole rings is 1. The van der Waals surface area contributed by atoms with Crippen LogP contribution in [0.5, 0.6) is 11.5 Å². The van der Waals surface area contributed by atoms with Gasteiger partial charge in [0.05, 0.1) is 12.8 Å². The molecule has 1 aromatic heterocycles. The van der Waals surface area contributed by atoms with Crippen molar-refractivity contribution < 1.29 is 18.7 Å². The molecule has 4 rings (SSSR count). The minimum atomic E-state index is -0.282. The van der Waals surface area contributed by atoms with E-state index < -0.39 is 0 Å². The summed E-state index contributed by atoms with van der Waals surface area (Å²) in [4.78, 5) is 17.4. The van der Waals surface area contributed by atoms with Crippen molar-refractivity contribution >= 4 is 22.7 Å². The number of methoxy groups -OCH3 is 1. The van der Waals surface area contributed by atoms with Gasteiger partial charge in [-0.2, -0.15) is 0 Å². The largest absolute Gasteiger partial charge is 0.495 e. The highest BCUT2D eigenvalue weighted by molar-refractivity contribution is 5.94. The van der Waals surface area contributed by atoms with Crippen LogP contribution >= 0.6 is 0 Å². The first-order valence-corrected chi connectivity index (χ1v) is 11.9. The number of rotatable bonds is 8. The van der Waals surface area contributed by atoms with E-state index in [1.165, 1.54) is 5.56 Å². The third-order valence-electron chi connectivity index (χ3n) is 5.95. The van der Waals surface area contributed by atoms with Gasteiger partial charge in [0.2, 0.25) is 5.89 Å². The summed E-state index contributed by atoms with van der Waals surface area (Å²) in [5.74, 6) is 2.16. The molecule has 182 valence electrons. The maximum absolute atomic E-state index is 12.8. The topological polar surface area (TPSA) is 73.6 Å². The SMILES string of the molecule is COc1ccc(-c2nc3cc(C(C)C)ccc3o2)cc1NC(=O)COc1cc(C)ccc1C(C)C.